The Bertz CT molecular complexity index is 950. The molecule has 3 rings (SSSR count). The lowest BCUT2D eigenvalue weighted by Gasteiger charge is -2.08. The van der Waals surface area contributed by atoms with Crippen LogP contribution in [0.5, 0.6) is 5.75 Å². The monoisotopic (exact) mass is 436 g/mol. The number of carbonyl (C=O) groups is 1. The van der Waals surface area contributed by atoms with E-state index in [-0.39, 0.29) is 18.3 Å². The summed E-state index contributed by atoms with van der Waals surface area (Å²) in [5.74, 6) is 1.33. The van der Waals surface area contributed by atoms with Gasteiger partial charge in [-0.3, -0.25) is 4.79 Å². The molecule has 6 nitrogen and oxygen atoms in total. The molecule has 1 heterocycles. The Labute approximate surface area is 177 Å². The van der Waals surface area contributed by atoms with E-state index < -0.39 is 0 Å². The summed E-state index contributed by atoms with van der Waals surface area (Å²) < 4.78 is 7.47. The summed E-state index contributed by atoms with van der Waals surface area (Å²) in [5, 5.41) is 12.7. The molecule has 3 aromatic rings. The number of amides is 1. The van der Waals surface area contributed by atoms with Crippen molar-refractivity contribution in [2.24, 2.45) is 7.05 Å². The molecule has 1 amide bonds. The first-order valence-electron chi connectivity index (χ1n) is 8.42. The molecule has 0 radical (unpaired) electrons. The molecule has 0 atom stereocenters. The Morgan fingerprint density at radius 3 is 2.71 bits per heavy atom. The third-order valence-corrected chi connectivity index (χ3v) is 5.39. The van der Waals surface area contributed by atoms with Crippen LogP contribution in [0.25, 0.3) is 0 Å². The maximum atomic E-state index is 12.0. The van der Waals surface area contributed by atoms with Crippen molar-refractivity contribution in [3.63, 3.8) is 0 Å². The number of benzene rings is 2. The van der Waals surface area contributed by atoms with Gasteiger partial charge in [-0.15, -0.1) is 10.2 Å². The van der Waals surface area contributed by atoms with Crippen LogP contribution >= 0.6 is 35.0 Å². The molecule has 1 N–H and O–H groups in total. The number of nitrogens with zero attached hydrogens (tertiary/aromatic N) is 3. The minimum atomic E-state index is -0.0670. The Hall–Kier alpha value is -2.22. The van der Waals surface area contributed by atoms with Crippen LogP contribution in [0.4, 0.5) is 0 Å². The highest BCUT2D eigenvalue weighted by Crippen LogP contribution is 2.28. The van der Waals surface area contributed by atoms with Crippen molar-refractivity contribution in [2.45, 2.75) is 18.3 Å². The summed E-state index contributed by atoms with van der Waals surface area (Å²) in [6.45, 7) is 0.700. The van der Waals surface area contributed by atoms with Gasteiger partial charge in [-0.2, -0.15) is 0 Å². The lowest BCUT2D eigenvalue weighted by Crippen LogP contribution is -2.24. The summed E-state index contributed by atoms with van der Waals surface area (Å²) in [6, 6.07) is 14.8. The average molecular weight is 437 g/mol. The zero-order valence-electron chi connectivity index (χ0n) is 15.1. The molecule has 0 aliphatic heterocycles. The van der Waals surface area contributed by atoms with Crippen molar-refractivity contribution in [2.75, 3.05) is 5.75 Å². The molecular formula is C19H18Cl2N4O2S. The topological polar surface area (TPSA) is 69.0 Å². The number of hydrogen-bond donors (Lipinski definition) is 1. The Morgan fingerprint density at radius 2 is 1.96 bits per heavy atom. The Balaban J connectivity index is 1.49. The zero-order valence-corrected chi connectivity index (χ0v) is 17.4. The van der Waals surface area contributed by atoms with E-state index in [0.717, 1.165) is 5.56 Å². The second-order valence-corrected chi connectivity index (χ2v) is 7.66. The fourth-order valence-corrected chi connectivity index (χ4v) is 3.53. The van der Waals surface area contributed by atoms with Crippen LogP contribution in [-0.2, 0) is 25.0 Å². The Kier molecular flexibility index (Phi) is 7.19. The average Bonchev–Trinajstić information content (AvgIpc) is 3.04. The number of carbonyl (C=O) groups excluding carboxylic acids is 1. The molecule has 0 saturated carbocycles. The molecule has 0 aliphatic rings. The smallest absolute Gasteiger partial charge is 0.230 e. The van der Waals surface area contributed by atoms with Gasteiger partial charge >= 0.3 is 0 Å². The molecule has 0 unspecified atom stereocenters. The van der Waals surface area contributed by atoms with Gasteiger partial charge in [-0.25, -0.2) is 0 Å². The van der Waals surface area contributed by atoms with Crippen LogP contribution in [-0.4, -0.2) is 26.4 Å². The fourth-order valence-electron chi connectivity index (χ4n) is 2.31. The van der Waals surface area contributed by atoms with Gasteiger partial charge in [0.05, 0.1) is 10.8 Å². The second kappa shape index (κ2) is 9.82. The first kappa shape index (κ1) is 20.5. The van der Waals surface area contributed by atoms with Gasteiger partial charge in [0.2, 0.25) is 5.91 Å². The number of rotatable bonds is 8. The van der Waals surface area contributed by atoms with Crippen LogP contribution in [0.1, 0.15) is 11.4 Å². The van der Waals surface area contributed by atoms with Gasteiger partial charge in [-0.05, 0) is 23.8 Å². The molecule has 0 fully saturated rings. The fraction of sp³-hybridized carbons (Fsp3) is 0.211. The van der Waals surface area contributed by atoms with E-state index in [2.05, 4.69) is 15.5 Å². The molecule has 0 aliphatic carbocycles. The molecule has 0 saturated heterocycles. The van der Waals surface area contributed by atoms with Gasteiger partial charge in [0.15, 0.2) is 11.0 Å². The number of nitrogens with one attached hydrogen (secondary N) is 1. The van der Waals surface area contributed by atoms with Crippen LogP contribution in [0, 0.1) is 0 Å². The van der Waals surface area contributed by atoms with Gasteiger partial charge in [-0.1, -0.05) is 65.3 Å². The molecule has 9 heteroatoms. The third kappa shape index (κ3) is 5.64. The predicted octanol–water partition coefficient (Wildman–Crippen LogP) is 4.11. The van der Waals surface area contributed by atoms with Gasteiger partial charge < -0.3 is 14.6 Å². The lowest BCUT2D eigenvalue weighted by molar-refractivity contribution is -0.118. The first-order chi connectivity index (χ1) is 13.5. The van der Waals surface area contributed by atoms with Crippen molar-refractivity contribution >= 4 is 40.9 Å². The van der Waals surface area contributed by atoms with Gasteiger partial charge in [0.25, 0.3) is 0 Å². The van der Waals surface area contributed by atoms with E-state index in [0.29, 0.717) is 33.3 Å². The summed E-state index contributed by atoms with van der Waals surface area (Å²) in [7, 11) is 1.83. The highest BCUT2D eigenvalue weighted by Gasteiger charge is 2.13. The van der Waals surface area contributed by atoms with Crippen LogP contribution in [0.2, 0.25) is 10.0 Å². The predicted molar refractivity (Wildman–Crippen MR) is 111 cm³/mol. The second-order valence-electron chi connectivity index (χ2n) is 5.87. The van der Waals surface area contributed by atoms with E-state index >= 15 is 0 Å². The summed E-state index contributed by atoms with van der Waals surface area (Å²) >= 11 is 13.3. The largest absolute Gasteiger partial charge is 0.484 e. The SMILES string of the molecule is Cn1c(COc2ccc(Cl)cc2Cl)nnc1SCC(=O)NCc1ccccc1. The zero-order chi connectivity index (χ0) is 19.9. The highest BCUT2D eigenvalue weighted by atomic mass is 35.5. The Morgan fingerprint density at radius 1 is 1.18 bits per heavy atom. The molecule has 2 aromatic carbocycles. The molecule has 146 valence electrons. The lowest BCUT2D eigenvalue weighted by atomic mass is 10.2. The van der Waals surface area contributed by atoms with E-state index in [1.54, 1.807) is 22.8 Å². The minimum absolute atomic E-state index is 0.0670. The van der Waals surface area contributed by atoms with Crippen LogP contribution in [0.3, 0.4) is 0 Å². The third-order valence-electron chi connectivity index (χ3n) is 3.84. The normalized spacial score (nSPS) is 10.7. The van der Waals surface area contributed by atoms with E-state index in [1.807, 2.05) is 37.4 Å². The number of thioether (sulfide) groups is 1. The summed E-state index contributed by atoms with van der Waals surface area (Å²) in [4.78, 5) is 12.0. The minimum Gasteiger partial charge on any atom is -0.484 e. The first-order valence-corrected chi connectivity index (χ1v) is 10.2. The van der Waals surface area contributed by atoms with Crippen molar-refractivity contribution in [1.82, 2.24) is 20.1 Å². The van der Waals surface area contributed by atoms with E-state index in [1.165, 1.54) is 11.8 Å². The van der Waals surface area contributed by atoms with Crippen molar-refractivity contribution in [3.05, 3.63) is 70.0 Å². The van der Waals surface area contributed by atoms with Crippen LogP contribution < -0.4 is 10.1 Å². The van der Waals surface area contributed by atoms with Crippen molar-refractivity contribution < 1.29 is 9.53 Å². The van der Waals surface area contributed by atoms with E-state index in [9.17, 15) is 4.79 Å². The summed E-state index contributed by atoms with van der Waals surface area (Å²) in [6.07, 6.45) is 0. The van der Waals surface area contributed by atoms with Gasteiger partial charge in [0, 0.05) is 18.6 Å². The van der Waals surface area contributed by atoms with Crippen molar-refractivity contribution in [3.8, 4) is 5.75 Å². The van der Waals surface area contributed by atoms with Crippen molar-refractivity contribution in [1.29, 1.82) is 0 Å². The number of aromatic nitrogens is 3. The quantitative estimate of drug-likeness (QED) is 0.538. The molecule has 0 bridgehead atoms. The van der Waals surface area contributed by atoms with Gasteiger partial charge in [0.1, 0.15) is 12.4 Å². The van der Waals surface area contributed by atoms with Crippen LogP contribution in [0.15, 0.2) is 53.7 Å². The molecule has 0 spiro atoms. The summed E-state index contributed by atoms with van der Waals surface area (Å²) in [5.41, 5.74) is 1.06. The highest BCUT2D eigenvalue weighted by molar-refractivity contribution is 7.99. The number of hydrogen-bond acceptors (Lipinski definition) is 5. The number of ether oxygens (including phenoxy) is 1. The number of halogens is 2. The maximum Gasteiger partial charge on any atom is 0.230 e. The molecule has 1 aromatic heterocycles. The molecule has 28 heavy (non-hydrogen) atoms. The maximum absolute atomic E-state index is 12.0. The molecular weight excluding hydrogens is 419 g/mol. The van der Waals surface area contributed by atoms with E-state index in [4.69, 9.17) is 27.9 Å². The standard InChI is InChI=1S/C19H18Cl2N4O2S/c1-25-17(11-27-16-8-7-14(20)9-15(16)21)23-24-19(25)28-12-18(26)22-10-13-5-3-2-4-6-13/h2-9H,10-12H2,1H3,(H,22,26).